The number of esters is 1. The van der Waals surface area contributed by atoms with Gasteiger partial charge in [0, 0.05) is 41.6 Å². The van der Waals surface area contributed by atoms with E-state index in [1.165, 1.54) is 19.2 Å². The van der Waals surface area contributed by atoms with Crippen molar-refractivity contribution in [1.82, 2.24) is 25.1 Å². The van der Waals surface area contributed by atoms with E-state index in [0.29, 0.717) is 46.7 Å². The monoisotopic (exact) mass is 537 g/mol. The number of methoxy groups -OCH3 is 1. The topological polar surface area (TPSA) is 103 Å². The molecule has 0 unspecified atom stereocenters. The predicted molar refractivity (Wildman–Crippen MR) is 136 cm³/mol. The zero-order chi connectivity index (χ0) is 27.4. The van der Waals surface area contributed by atoms with Crippen LogP contribution in [0.25, 0.3) is 34.0 Å². The summed E-state index contributed by atoms with van der Waals surface area (Å²) in [4.78, 5) is 23.4. The molecule has 3 aromatic heterocycles. The van der Waals surface area contributed by atoms with Gasteiger partial charge in [0.05, 0.1) is 18.4 Å². The van der Waals surface area contributed by atoms with E-state index in [9.17, 15) is 18.0 Å². The van der Waals surface area contributed by atoms with E-state index < -0.39 is 11.7 Å². The number of hydrogen-bond donors (Lipinski definition) is 1. The van der Waals surface area contributed by atoms with Crippen LogP contribution in [0.4, 0.5) is 13.2 Å². The molecule has 0 atom stereocenters. The van der Waals surface area contributed by atoms with Crippen LogP contribution in [0.5, 0.6) is 5.88 Å². The summed E-state index contributed by atoms with van der Waals surface area (Å²) >= 11 is 0. The number of H-pyrrole nitrogens is 1. The lowest BCUT2D eigenvalue weighted by molar-refractivity contribution is -0.142. The third-order valence-corrected chi connectivity index (χ3v) is 6.81. The van der Waals surface area contributed by atoms with E-state index in [1.807, 2.05) is 24.3 Å². The standard InChI is InChI=1S/C28H26F3N5O3/c1-38-25(37)14-17-2-10-22(11-3-17)39-24-13-7-19(15-33-24)23-12-6-20(16-32-23)27-34-26(35-36-27)18-4-8-21(9-5-18)28(29,30)31/h4-9,12-13,15-17,22H,2-3,10-11,14H2,1H3,(H,34,35,36)/t17-,22-. The van der Waals surface area contributed by atoms with E-state index >= 15 is 0 Å². The molecular formula is C28H26F3N5O3. The summed E-state index contributed by atoms with van der Waals surface area (Å²) in [5.74, 6) is 1.54. The molecule has 1 aliphatic rings. The number of carbonyl (C=O) groups excluding carboxylic acids is 1. The molecule has 0 aliphatic heterocycles. The smallest absolute Gasteiger partial charge is 0.416 e. The summed E-state index contributed by atoms with van der Waals surface area (Å²) in [6.07, 6.45) is 3.07. The normalized spacial score (nSPS) is 17.5. The third-order valence-electron chi connectivity index (χ3n) is 6.81. The van der Waals surface area contributed by atoms with Crippen LogP contribution in [0.3, 0.4) is 0 Å². The number of aromatic amines is 1. The Kier molecular flexibility index (Phi) is 7.58. The highest BCUT2D eigenvalue weighted by molar-refractivity contribution is 5.69. The van der Waals surface area contributed by atoms with Gasteiger partial charge in [-0.25, -0.2) is 4.98 Å². The summed E-state index contributed by atoms with van der Waals surface area (Å²) in [7, 11) is 1.41. The van der Waals surface area contributed by atoms with E-state index in [4.69, 9.17) is 9.47 Å². The van der Waals surface area contributed by atoms with E-state index in [0.717, 1.165) is 43.4 Å². The van der Waals surface area contributed by atoms with Crippen LogP contribution in [-0.2, 0) is 15.7 Å². The fourth-order valence-electron chi connectivity index (χ4n) is 4.59. The highest BCUT2D eigenvalue weighted by atomic mass is 19.4. The van der Waals surface area contributed by atoms with Gasteiger partial charge < -0.3 is 14.5 Å². The molecule has 202 valence electrons. The zero-order valence-corrected chi connectivity index (χ0v) is 21.1. The minimum absolute atomic E-state index is 0.0732. The van der Waals surface area contributed by atoms with Gasteiger partial charge in [-0.15, -0.1) is 10.2 Å². The van der Waals surface area contributed by atoms with Crippen molar-refractivity contribution >= 4 is 5.97 Å². The fraction of sp³-hybridized carbons (Fsp3) is 0.321. The van der Waals surface area contributed by atoms with Crippen LogP contribution >= 0.6 is 0 Å². The van der Waals surface area contributed by atoms with Crippen molar-refractivity contribution in [2.45, 2.75) is 44.4 Å². The summed E-state index contributed by atoms with van der Waals surface area (Å²) < 4.78 is 49.2. The second kappa shape index (κ2) is 11.2. The van der Waals surface area contributed by atoms with Crippen molar-refractivity contribution in [1.29, 1.82) is 0 Å². The van der Waals surface area contributed by atoms with Crippen molar-refractivity contribution in [3.05, 3.63) is 66.5 Å². The molecule has 4 aromatic rings. The molecule has 3 heterocycles. The van der Waals surface area contributed by atoms with Gasteiger partial charge in [0.1, 0.15) is 6.10 Å². The van der Waals surface area contributed by atoms with Crippen LogP contribution in [0.2, 0.25) is 0 Å². The molecule has 0 saturated heterocycles. The predicted octanol–water partition coefficient (Wildman–Crippen LogP) is 6.12. The number of aromatic nitrogens is 5. The molecule has 0 bridgehead atoms. The first kappa shape index (κ1) is 26.3. The van der Waals surface area contributed by atoms with Crippen molar-refractivity contribution in [2.75, 3.05) is 7.11 Å². The minimum atomic E-state index is -4.39. The Bertz CT molecular complexity index is 1400. The number of nitrogens with zero attached hydrogens (tertiary/aromatic N) is 4. The third kappa shape index (κ3) is 6.42. The van der Waals surface area contributed by atoms with Gasteiger partial charge >= 0.3 is 12.1 Å². The van der Waals surface area contributed by atoms with Gasteiger partial charge in [-0.05, 0) is 61.9 Å². The average molecular weight is 538 g/mol. The van der Waals surface area contributed by atoms with E-state index in [2.05, 4.69) is 25.1 Å². The van der Waals surface area contributed by atoms with Crippen molar-refractivity contribution in [3.8, 4) is 39.9 Å². The highest BCUT2D eigenvalue weighted by Gasteiger charge is 2.30. The van der Waals surface area contributed by atoms with Gasteiger partial charge in [0.15, 0.2) is 11.6 Å². The molecule has 1 N–H and O–H groups in total. The first-order valence-electron chi connectivity index (χ1n) is 12.5. The molecule has 1 fully saturated rings. The Labute approximate surface area is 222 Å². The van der Waals surface area contributed by atoms with Crippen LogP contribution < -0.4 is 4.74 Å². The van der Waals surface area contributed by atoms with Gasteiger partial charge in [0.2, 0.25) is 5.88 Å². The maximum absolute atomic E-state index is 12.8. The number of hydrogen-bond acceptors (Lipinski definition) is 7. The van der Waals surface area contributed by atoms with Crippen LogP contribution in [0, 0.1) is 5.92 Å². The molecule has 0 radical (unpaired) electrons. The van der Waals surface area contributed by atoms with Gasteiger partial charge in [0.25, 0.3) is 0 Å². The Hall–Kier alpha value is -4.28. The molecule has 8 nitrogen and oxygen atoms in total. The van der Waals surface area contributed by atoms with Crippen molar-refractivity contribution in [2.24, 2.45) is 5.92 Å². The number of ether oxygens (including phenoxy) is 2. The molecule has 1 aromatic carbocycles. The zero-order valence-electron chi connectivity index (χ0n) is 21.1. The van der Waals surface area contributed by atoms with Gasteiger partial charge in [-0.1, -0.05) is 12.1 Å². The average Bonchev–Trinajstić information content (AvgIpc) is 3.45. The quantitative estimate of drug-likeness (QED) is 0.284. The summed E-state index contributed by atoms with van der Waals surface area (Å²) in [5.41, 5.74) is 1.98. The lowest BCUT2D eigenvalue weighted by Crippen LogP contribution is -2.25. The van der Waals surface area contributed by atoms with Gasteiger partial charge in [-0.2, -0.15) is 13.2 Å². The second-order valence-corrected chi connectivity index (χ2v) is 9.46. The summed E-state index contributed by atoms with van der Waals surface area (Å²) in [6.45, 7) is 0. The first-order valence-corrected chi connectivity index (χ1v) is 12.5. The highest BCUT2D eigenvalue weighted by Crippen LogP contribution is 2.32. The van der Waals surface area contributed by atoms with E-state index in [-0.39, 0.29) is 12.1 Å². The molecule has 1 aliphatic carbocycles. The molecule has 39 heavy (non-hydrogen) atoms. The van der Waals surface area contributed by atoms with Crippen molar-refractivity contribution < 1.29 is 27.4 Å². The lowest BCUT2D eigenvalue weighted by Gasteiger charge is -2.28. The second-order valence-electron chi connectivity index (χ2n) is 9.46. The number of pyridine rings is 2. The van der Waals surface area contributed by atoms with Crippen molar-refractivity contribution in [3.63, 3.8) is 0 Å². The summed E-state index contributed by atoms with van der Waals surface area (Å²) in [6, 6.07) is 12.1. The number of alkyl halides is 3. The number of rotatable bonds is 7. The van der Waals surface area contributed by atoms with E-state index in [1.54, 1.807) is 12.4 Å². The first-order chi connectivity index (χ1) is 18.8. The molecule has 5 rings (SSSR count). The number of benzene rings is 1. The Morgan fingerprint density at radius 1 is 0.872 bits per heavy atom. The number of carbonyl (C=O) groups is 1. The molecule has 1 saturated carbocycles. The Morgan fingerprint density at radius 3 is 2.10 bits per heavy atom. The SMILES string of the molecule is COC(=O)C[C@H]1CC[C@H](Oc2ccc(-c3ccc(-c4nnc(-c5ccc(C(F)(F)F)cc5)[nH]4)cn3)cn2)CC1. The largest absolute Gasteiger partial charge is 0.474 e. The van der Waals surface area contributed by atoms with Crippen LogP contribution in [0.1, 0.15) is 37.7 Å². The number of nitrogens with one attached hydrogen (secondary N) is 1. The van der Waals surface area contributed by atoms with Crippen LogP contribution in [0.15, 0.2) is 60.9 Å². The molecular weight excluding hydrogens is 511 g/mol. The maximum atomic E-state index is 12.8. The Morgan fingerprint density at radius 2 is 1.51 bits per heavy atom. The Balaban J connectivity index is 1.18. The lowest BCUT2D eigenvalue weighted by atomic mass is 9.85. The number of halogens is 3. The van der Waals surface area contributed by atoms with Gasteiger partial charge in [-0.3, -0.25) is 9.78 Å². The van der Waals surface area contributed by atoms with Crippen LogP contribution in [-0.4, -0.2) is 44.3 Å². The molecule has 11 heteroatoms. The summed E-state index contributed by atoms with van der Waals surface area (Å²) in [5, 5.41) is 8.16. The molecule has 0 spiro atoms. The molecule has 0 amide bonds. The maximum Gasteiger partial charge on any atom is 0.416 e. The fourth-order valence-corrected chi connectivity index (χ4v) is 4.59. The minimum Gasteiger partial charge on any atom is -0.474 e.